The van der Waals surface area contributed by atoms with E-state index in [4.69, 9.17) is 9.84 Å². The normalized spacial score (nSPS) is 12.0. The second-order valence-corrected chi connectivity index (χ2v) is 7.34. The minimum atomic E-state index is -1.10. The zero-order valence-electron chi connectivity index (χ0n) is 17.0. The molecule has 0 saturated heterocycles. The fraction of sp³-hybridized carbons (Fsp3) is 0.833. The highest BCUT2D eigenvalue weighted by molar-refractivity contribution is 5.83. The van der Waals surface area contributed by atoms with Gasteiger partial charge in [0.05, 0.1) is 5.60 Å². The van der Waals surface area contributed by atoms with Crippen molar-refractivity contribution in [1.82, 2.24) is 10.2 Å². The van der Waals surface area contributed by atoms with Crippen molar-refractivity contribution in [2.75, 3.05) is 20.7 Å². The van der Waals surface area contributed by atoms with Crippen LogP contribution in [-0.4, -0.2) is 60.1 Å². The summed E-state index contributed by atoms with van der Waals surface area (Å²) in [5.74, 6) is -0.920. The fourth-order valence-electron chi connectivity index (χ4n) is 1.70. The van der Waals surface area contributed by atoms with Gasteiger partial charge < -0.3 is 20.1 Å². The Hall–Kier alpha value is -1.63. The predicted molar refractivity (Wildman–Crippen MR) is 100 cm³/mol. The highest BCUT2D eigenvalue weighted by Crippen LogP contribution is 2.09. The molecule has 150 valence electrons. The molecule has 0 spiro atoms. The highest BCUT2D eigenvalue weighted by atomic mass is 16.5. The van der Waals surface area contributed by atoms with Crippen LogP contribution in [0.5, 0.6) is 0 Å². The van der Waals surface area contributed by atoms with Crippen LogP contribution in [-0.2, 0) is 19.1 Å². The molecular weight excluding hydrogens is 324 g/mol. The van der Waals surface area contributed by atoms with Crippen LogP contribution in [0, 0.1) is 5.92 Å². The molecule has 0 aliphatic carbocycles. The maximum atomic E-state index is 11.0. The lowest BCUT2D eigenvalue weighted by atomic mass is 10.1. The van der Waals surface area contributed by atoms with Crippen molar-refractivity contribution in [3.05, 3.63) is 0 Å². The summed E-state index contributed by atoms with van der Waals surface area (Å²) < 4.78 is 5.54. The number of carbonyl (C=O) groups excluding carboxylic acids is 2. The molecule has 0 fully saturated rings. The SMILES string of the molecule is CC(C)CCOC(C)(C)C.CNC(=O)CCC(C(=O)O)N(C)C(C)=O.[HH]. The second kappa shape index (κ2) is 12.7. The van der Waals surface area contributed by atoms with Crippen LogP contribution >= 0.6 is 0 Å². The summed E-state index contributed by atoms with van der Waals surface area (Å²) in [7, 11) is 2.89. The largest absolute Gasteiger partial charge is 0.480 e. The molecule has 0 aromatic carbocycles. The molecular formula is C18H38N2O5. The van der Waals surface area contributed by atoms with E-state index in [-0.39, 0.29) is 31.7 Å². The van der Waals surface area contributed by atoms with E-state index in [1.54, 1.807) is 0 Å². The first-order valence-electron chi connectivity index (χ1n) is 8.62. The van der Waals surface area contributed by atoms with Gasteiger partial charge >= 0.3 is 5.97 Å². The molecule has 0 bridgehead atoms. The molecule has 0 aromatic rings. The van der Waals surface area contributed by atoms with E-state index in [2.05, 4.69) is 39.9 Å². The fourth-order valence-corrected chi connectivity index (χ4v) is 1.70. The van der Waals surface area contributed by atoms with Gasteiger partial charge in [-0.2, -0.15) is 0 Å². The van der Waals surface area contributed by atoms with Gasteiger partial charge in [-0.15, -0.1) is 0 Å². The third kappa shape index (κ3) is 15.6. The molecule has 1 unspecified atom stereocenters. The molecule has 0 saturated carbocycles. The Bertz CT molecular complexity index is 422. The topological polar surface area (TPSA) is 95.9 Å². The molecule has 7 nitrogen and oxygen atoms in total. The van der Waals surface area contributed by atoms with E-state index >= 15 is 0 Å². The molecule has 0 heterocycles. The summed E-state index contributed by atoms with van der Waals surface area (Å²) in [6.45, 7) is 12.9. The van der Waals surface area contributed by atoms with Crippen molar-refractivity contribution in [3.8, 4) is 0 Å². The molecule has 1 atom stereocenters. The summed E-state index contributed by atoms with van der Waals surface area (Å²) in [5.41, 5.74) is 0.0366. The van der Waals surface area contributed by atoms with Gasteiger partial charge in [0.25, 0.3) is 0 Å². The predicted octanol–water partition coefficient (Wildman–Crippen LogP) is 2.54. The average Bonchev–Trinajstić information content (AvgIpc) is 2.45. The number of rotatable bonds is 8. The maximum absolute atomic E-state index is 11.0. The number of ether oxygens (including phenoxy) is 1. The zero-order valence-corrected chi connectivity index (χ0v) is 17.0. The van der Waals surface area contributed by atoms with Crippen LogP contribution < -0.4 is 5.32 Å². The van der Waals surface area contributed by atoms with Crippen molar-refractivity contribution in [2.24, 2.45) is 5.92 Å². The van der Waals surface area contributed by atoms with Gasteiger partial charge in [0.15, 0.2) is 0 Å². The van der Waals surface area contributed by atoms with Crippen LogP contribution in [0.2, 0.25) is 0 Å². The van der Waals surface area contributed by atoms with E-state index in [1.807, 2.05) is 0 Å². The third-order valence-corrected chi connectivity index (χ3v) is 3.40. The molecule has 2 N–H and O–H groups in total. The Labute approximate surface area is 153 Å². The number of nitrogens with one attached hydrogen (secondary N) is 1. The van der Waals surface area contributed by atoms with Crippen LogP contribution in [0.4, 0.5) is 0 Å². The average molecular weight is 363 g/mol. The monoisotopic (exact) mass is 362 g/mol. The van der Waals surface area contributed by atoms with Gasteiger partial charge in [0.1, 0.15) is 6.04 Å². The van der Waals surface area contributed by atoms with Gasteiger partial charge in [-0.3, -0.25) is 9.59 Å². The molecule has 7 heteroatoms. The molecule has 0 aliphatic heterocycles. The van der Waals surface area contributed by atoms with Crippen molar-refractivity contribution < 1.29 is 25.7 Å². The van der Waals surface area contributed by atoms with Crippen LogP contribution in [0.3, 0.4) is 0 Å². The Kier molecular flexibility index (Phi) is 13.0. The summed E-state index contributed by atoms with van der Waals surface area (Å²) in [6.07, 6.45) is 1.37. The van der Waals surface area contributed by atoms with E-state index < -0.39 is 12.0 Å². The van der Waals surface area contributed by atoms with Crippen LogP contribution in [0.25, 0.3) is 0 Å². The number of aliphatic carboxylic acids is 1. The van der Waals surface area contributed by atoms with Gasteiger partial charge in [-0.25, -0.2) is 4.79 Å². The Balaban J connectivity index is -0.000000422. The molecule has 0 rings (SSSR count). The number of hydrogen-bond donors (Lipinski definition) is 2. The smallest absolute Gasteiger partial charge is 0.326 e. The lowest BCUT2D eigenvalue weighted by Gasteiger charge is -2.23. The molecule has 2 amide bonds. The lowest BCUT2D eigenvalue weighted by molar-refractivity contribution is -0.148. The quantitative estimate of drug-likeness (QED) is 0.692. The van der Waals surface area contributed by atoms with Gasteiger partial charge in [0, 0.05) is 35.5 Å². The molecule has 25 heavy (non-hydrogen) atoms. The Morgan fingerprint density at radius 2 is 1.72 bits per heavy atom. The zero-order chi connectivity index (χ0) is 20.2. The molecule has 0 radical (unpaired) electrons. The van der Waals surface area contributed by atoms with E-state index in [0.717, 1.165) is 23.8 Å². The summed E-state index contributed by atoms with van der Waals surface area (Å²) >= 11 is 0. The van der Waals surface area contributed by atoms with Crippen molar-refractivity contribution >= 4 is 17.8 Å². The number of hydrogen-bond acceptors (Lipinski definition) is 4. The van der Waals surface area contributed by atoms with Crippen LogP contribution in [0.1, 0.15) is 62.2 Å². The van der Waals surface area contributed by atoms with Crippen molar-refractivity contribution in [3.63, 3.8) is 0 Å². The number of likely N-dealkylation sites (N-methyl/N-ethyl adjacent to an activating group) is 1. The Morgan fingerprint density at radius 1 is 1.20 bits per heavy atom. The molecule has 0 aromatic heterocycles. The third-order valence-electron chi connectivity index (χ3n) is 3.40. The lowest BCUT2D eigenvalue weighted by Crippen LogP contribution is -2.41. The van der Waals surface area contributed by atoms with E-state index in [0.29, 0.717) is 0 Å². The van der Waals surface area contributed by atoms with Gasteiger partial charge in [-0.1, -0.05) is 13.8 Å². The minimum Gasteiger partial charge on any atom is -0.480 e. The summed E-state index contributed by atoms with van der Waals surface area (Å²) in [5, 5.41) is 11.2. The number of carboxylic acids is 1. The number of amides is 2. The molecule has 0 aliphatic rings. The summed E-state index contributed by atoms with van der Waals surface area (Å²) in [6, 6.07) is -0.945. The standard InChI is InChI=1S/C9H16N2O4.C9H20O.H2/c1-6(12)11(3)7(9(14)15)4-5-8(13)10-2;1-8(2)6-7-10-9(3,4)5;/h7H,4-5H2,1-3H3,(H,10,13)(H,14,15);8H,6-7H2,1-5H3;1H. The van der Waals surface area contributed by atoms with Crippen LogP contribution in [0.15, 0.2) is 0 Å². The van der Waals surface area contributed by atoms with Gasteiger partial charge in [0.2, 0.25) is 11.8 Å². The van der Waals surface area contributed by atoms with Crippen molar-refractivity contribution in [1.29, 1.82) is 0 Å². The highest BCUT2D eigenvalue weighted by Gasteiger charge is 2.24. The first-order chi connectivity index (χ1) is 11.3. The second-order valence-electron chi connectivity index (χ2n) is 7.34. The van der Waals surface area contributed by atoms with E-state index in [1.165, 1.54) is 21.0 Å². The van der Waals surface area contributed by atoms with Crippen molar-refractivity contribution in [2.45, 2.75) is 72.4 Å². The maximum Gasteiger partial charge on any atom is 0.326 e. The van der Waals surface area contributed by atoms with E-state index in [9.17, 15) is 14.4 Å². The number of carboxylic acid groups (broad SMARTS) is 1. The first kappa shape index (κ1) is 25.6. The summed E-state index contributed by atoms with van der Waals surface area (Å²) in [4.78, 5) is 33.8. The minimum absolute atomic E-state index is 0. The van der Waals surface area contributed by atoms with Gasteiger partial charge in [-0.05, 0) is 39.5 Å². The Morgan fingerprint density at radius 3 is 2.04 bits per heavy atom. The number of nitrogens with zero attached hydrogens (tertiary/aromatic N) is 1. The number of carbonyl (C=O) groups is 3. The first-order valence-corrected chi connectivity index (χ1v) is 8.62.